The smallest absolute Gasteiger partial charge is 0.328 e. The topological polar surface area (TPSA) is 63.3 Å². The SMILES string of the molecule is Cc1cc(N)c(F)cc1C=CC(=O)O. The van der Waals surface area contributed by atoms with E-state index in [0.717, 1.165) is 11.6 Å². The maximum absolute atomic E-state index is 13.0. The molecule has 0 fully saturated rings. The Labute approximate surface area is 80.7 Å². The highest BCUT2D eigenvalue weighted by Gasteiger charge is 2.02. The minimum atomic E-state index is -1.07. The molecule has 1 aromatic carbocycles. The van der Waals surface area contributed by atoms with Crippen molar-refractivity contribution < 1.29 is 14.3 Å². The predicted octanol–water partition coefficient (Wildman–Crippen LogP) is 1.81. The van der Waals surface area contributed by atoms with E-state index in [1.165, 1.54) is 18.2 Å². The number of aliphatic carboxylic acids is 1. The van der Waals surface area contributed by atoms with Crippen molar-refractivity contribution in [2.45, 2.75) is 6.92 Å². The van der Waals surface area contributed by atoms with Crippen molar-refractivity contribution in [1.29, 1.82) is 0 Å². The van der Waals surface area contributed by atoms with Gasteiger partial charge >= 0.3 is 5.97 Å². The van der Waals surface area contributed by atoms with E-state index in [4.69, 9.17) is 10.8 Å². The number of carboxylic acids is 1. The summed E-state index contributed by atoms with van der Waals surface area (Å²) in [5.41, 5.74) is 6.65. The van der Waals surface area contributed by atoms with Crippen LogP contribution in [0.1, 0.15) is 11.1 Å². The Morgan fingerprint density at radius 1 is 1.57 bits per heavy atom. The summed E-state index contributed by atoms with van der Waals surface area (Å²) < 4.78 is 13.0. The predicted molar refractivity (Wildman–Crippen MR) is 52.2 cm³/mol. The zero-order chi connectivity index (χ0) is 10.7. The maximum Gasteiger partial charge on any atom is 0.328 e. The molecule has 3 nitrogen and oxygen atoms in total. The maximum atomic E-state index is 13.0. The van der Waals surface area contributed by atoms with E-state index in [-0.39, 0.29) is 5.69 Å². The molecule has 0 saturated heterocycles. The van der Waals surface area contributed by atoms with Gasteiger partial charge in [0.1, 0.15) is 5.82 Å². The van der Waals surface area contributed by atoms with Crippen molar-refractivity contribution >= 4 is 17.7 Å². The van der Waals surface area contributed by atoms with E-state index < -0.39 is 11.8 Å². The molecule has 0 aliphatic carbocycles. The fourth-order valence-corrected chi connectivity index (χ4v) is 1.06. The number of nitrogens with two attached hydrogens (primary N) is 1. The first-order chi connectivity index (χ1) is 6.50. The van der Waals surface area contributed by atoms with Gasteiger partial charge in [0.25, 0.3) is 0 Å². The number of nitrogen functional groups attached to an aromatic ring is 1. The summed E-state index contributed by atoms with van der Waals surface area (Å²) in [6.07, 6.45) is 2.29. The molecule has 0 amide bonds. The Hall–Kier alpha value is -1.84. The standard InChI is InChI=1S/C10H10FNO2/c1-6-4-9(12)8(11)5-7(6)2-3-10(13)14/h2-5H,12H2,1H3,(H,13,14). The van der Waals surface area contributed by atoms with Crippen LogP contribution in [0.25, 0.3) is 6.08 Å². The van der Waals surface area contributed by atoms with Crippen LogP contribution < -0.4 is 5.73 Å². The molecule has 0 aliphatic heterocycles. The average molecular weight is 195 g/mol. The lowest BCUT2D eigenvalue weighted by molar-refractivity contribution is -0.131. The molecule has 1 aromatic rings. The zero-order valence-electron chi connectivity index (χ0n) is 7.62. The van der Waals surface area contributed by atoms with Crippen LogP contribution in [0.4, 0.5) is 10.1 Å². The summed E-state index contributed by atoms with van der Waals surface area (Å²) in [5, 5.41) is 8.38. The Kier molecular flexibility index (Phi) is 2.86. The number of aryl methyl sites for hydroxylation is 1. The molecule has 1 rings (SSSR count). The summed E-state index contributed by atoms with van der Waals surface area (Å²) >= 11 is 0. The van der Waals surface area contributed by atoms with Crippen LogP contribution >= 0.6 is 0 Å². The summed E-state index contributed by atoms with van der Waals surface area (Å²) in [6, 6.07) is 2.68. The lowest BCUT2D eigenvalue weighted by Gasteiger charge is -2.02. The Morgan fingerprint density at radius 2 is 2.21 bits per heavy atom. The molecule has 0 bridgehead atoms. The van der Waals surface area contributed by atoms with Crippen LogP contribution in [0.5, 0.6) is 0 Å². The van der Waals surface area contributed by atoms with Crippen LogP contribution in [-0.4, -0.2) is 11.1 Å². The van der Waals surface area contributed by atoms with E-state index in [2.05, 4.69) is 0 Å². The number of hydrogen-bond acceptors (Lipinski definition) is 2. The van der Waals surface area contributed by atoms with Gasteiger partial charge in [0, 0.05) is 6.08 Å². The molecular formula is C10H10FNO2. The number of carbonyl (C=O) groups is 1. The van der Waals surface area contributed by atoms with Gasteiger partial charge in [-0.1, -0.05) is 0 Å². The highest BCUT2D eigenvalue weighted by atomic mass is 19.1. The fourth-order valence-electron chi connectivity index (χ4n) is 1.06. The molecule has 3 N–H and O–H groups in total. The summed E-state index contributed by atoms with van der Waals surface area (Å²) in [7, 11) is 0. The van der Waals surface area contributed by atoms with Crippen LogP contribution in [0.3, 0.4) is 0 Å². The van der Waals surface area contributed by atoms with Crippen molar-refractivity contribution in [3.63, 3.8) is 0 Å². The molecular weight excluding hydrogens is 185 g/mol. The van der Waals surface area contributed by atoms with Gasteiger partial charge in [0.05, 0.1) is 5.69 Å². The summed E-state index contributed by atoms with van der Waals surface area (Å²) in [6.45, 7) is 1.73. The van der Waals surface area contributed by atoms with E-state index in [1.807, 2.05) is 0 Å². The molecule has 0 aliphatic rings. The minimum absolute atomic E-state index is 0.0648. The molecule has 0 radical (unpaired) electrons. The van der Waals surface area contributed by atoms with Crippen molar-refractivity contribution in [3.8, 4) is 0 Å². The number of halogens is 1. The lowest BCUT2D eigenvalue weighted by atomic mass is 10.1. The Morgan fingerprint density at radius 3 is 2.79 bits per heavy atom. The molecule has 74 valence electrons. The summed E-state index contributed by atoms with van der Waals surface area (Å²) in [4.78, 5) is 10.2. The third-order valence-electron chi connectivity index (χ3n) is 1.79. The fraction of sp³-hybridized carbons (Fsp3) is 0.100. The monoisotopic (exact) mass is 195 g/mol. The van der Waals surface area contributed by atoms with Gasteiger partial charge in [-0.15, -0.1) is 0 Å². The second-order valence-corrected chi connectivity index (χ2v) is 2.90. The van der Waals surface area contributed by atoms with Gasteiger partial charge in [-0.3, -0.25) is 0 Å². The van der Waals surface area contributed by atoms with E-state index in [9.17, 15) is 9.18 Å². The number of carboxylic acid groups (broad SMARTS) is 1. The highest BCUT2D eigenvalue weighted by Crippen LogP contribution is 2.18. The molecule has 0 heterocycles. The first-order valence-corrected chi connectivity index (χ1v) is 3.97. The number of benzene rings is 1. The van der Waals surface area contributed by atoms with Crippen molar-refractivity contribution in [3.05, 3.63) is 35.2 Å². The Balaban J connectivity index is 3.10. The molecule has 14 heavy (non-hydrogen) atoms. The molecule has 4 heteroatoms. The number of hydrogen-bond donors (Lipinski definition) is 2. The van der Waals surface area contributed by atoms with Crippen molar-refractivity contribution in [2.75, 3.05) is 5.73 Å². The van der Waals surface area contributed by atoms with E-state index in [0.29, 0.717) is 5.56 Å². The minimum Gasteiger partial charge on any atom is -0.478 e. The average Bonchev–Trinajstić information content (AvgIpc) is 2.09. The molecule has 0 unspecified atom stereocenters. The first kappa shape index (κ1) is 10.2. The van der Waals surface area contributed by atoms with Crippen LogP contribution in [0.15, 0.2) is 18.2 Å². The van der Waals surface area contributed by atoms with Crippen LogP contribution in [0, 0.1) is 12.7 Å². The van der Waals surface area contributed by atoms with Gasteiger partial charge < -0.3 is 10.8 Å². The van der Waals surface area contributed by atoms with Crippen LogP contribution in [0.2, 0.25) is 0 Å². The molecule has 0 saturated carbocycles. The van der Waals surface area contributed by atoms with Gasteiger partial charge in [-0.2, -0.15) is 0 Å². The van der Waals surface area contributed by atoms with E-state index in [1.54, 1.807) is 6.92 Å². The van der Waals surface area contributed by atoms with Crippen LogP contribution in [-0.2, 0) is 4.79 Å². The molecule has 0 spiro atoms. The number of anilines is 1. The van der Waals surface area contributed by atoms with E-state index >= 15 is 0 Å². The quantitative estimate of drug-likeness (QED) is 0.558. The van der Waals surface area contributed by atoms with Gasteiger partial charge in [0.2, 0.25) is 0 Å². The largest absolute Gasteiger partial charge is 0.478 e. The highest BCUT2D eigenvalue weighted by molar-refractivity contribution is 5.85. The van der Waals surface area contributed by atoms with Gasteiger partial charge in [-0.25, -0.2) is 9.18 Å². The first-order valence-electron chi connectivity index (χ1n) is 3.97. The number of rotatable bonds is 2. The second kappa shape index (κ2) is 3.91. The normalized spacial score (nSPS) is 10.7. The summed E-state index contributed by atoms with van der Waals surface area (Å²) in [5.74, 6) is -1.61. The van der Waals surface area contributed by atoms with Gasteiger partial charge in [-0.05, 0) is 36.3 Å². The lowest BCUT2D eigenvalue weighted by Crippen LogP contribution is -1.94. The third-order valence-corrected chi connectivity index (χ3v) is 1.79. The van der Waals surface area contributed by atoms with Crippen molar-refractivity contribution in [2.24, 2.45) is 0 Å². The van der Waals surface area contributed by atoms with Gasteiger partial charge in [0.15, 0.2) is 0 Å². The zero-order valence-corrected chi connectivity index (χ0v) is 7.62. The Bertz CT molecular complexity index is 399. The molecule has 0 aromatic heterocycles. The molecule has 0 atom stereocenters. The second-order valence-electron chi connectivity index (χ2n) is 2.90. The third kappa shape index (κ3) is 2.32. The van der Waals surface area contributed by atoms with Crippen molar-refractivity contribution in [1.82, 2.24) is 0 Å².